The van der Waals surface area contributed by atoms with Crippen LogP contribution in [0, 0.1) is 0 Å². The summed E-state index contributed by atoms with van der Waals surface area (Å²) >= 11 is 0. The van der Waals surface area contributed by atoms with Crippen LogP contribution in [0.2, 0.25) is 0 Å². The second-order valence-corrected chi connectivity index (χ2v) is 3.96. The van der Waals surface area contributed by atoms with E-state index in [9.17, 15) is 8.78 Å². The third-order valence-corrected chi connectivity index (χ3v) is 2.63. The van der Waals surface area contributed by atoms with Crippen LogP contribution in [-0.4, -0.2) is 21.8 Å². The zero-order chi connectivity index (χ0) is 13.7. The first kappa shape index (κ1) is 13.4. The molecule has 0 bridgehead atoms. The predicted molar refractivity (Wildman–Crippen MR) is 64.7 cm³/mol. The van der Waals surface area contributed by atoms with Crippen molar-refractivity contribution < 1.29 is 13.5 Å². The number of rotatable bonds is 6. The average Bonchev–Trinajstić information content (AvgIpc) is 2.90. The molecule has 0 spiro atoms. The molecule has 7 heteroatoms. The maximum Gasteiger partial charge on any atom is 0.387 e. The molecule has 0 fully saturated rings. The number of aromatic amines is 1. The molecule has 0 saturated heterocycles. The number of para-hydroxylation sites is 1. The molecule has 1 heterocycles. The van der Waals surface area contributed by atoms with Gasteiger partial charge in [0.2, 0.25) is 0 Å². The van der Waals surface area contributed by atoms with E-state index >= 15 is 0 Å². The predicted octanol–water partition coefficient (Wildman–Crippen LogP) is 2.26. The van der Waals surface area contributed by atoms with Crippen molar-refractivity contribution in [3.05, 3.63) is 42.0 Å². The number of halogens is 2. The molecule has 0 saturated carbocycles. The van der Waals surface area contributed by atoms with Gasteiger partial charge < -0.3 is 10.1 Å². The molecular formula is C12H14F2N4O. The summed E-state index contributed by atoms with van der Waals surface area (Å²) < 4.78 is 29.0. The number of nitrogens with zero attached hydrogens (tertiary/aromatic N) is 2. The lowest BCUT2D eigenvalue weighted by Gasteiger charge is -2.14. The third-order valence-electron chi connectivity index (χ3n) is 2.63. The van der Waals surface area contributed by atoms with Crippen molar-refractivity contribution in [2.24, 2.45) is 0 Å². The van der Waals surface area contributed by atoms with E-state index in [0.29, 0.717) is 17.9 Å². The highest BCUT2D eigenvalue weighted by molar-refractivity contribution is 5.33. The Morgan fingerprint density at radius 1 is 1.37 bits per heavy atom. The number of benzene rings is 1. The fraction of sp³-hybridized carbons (Fsp3) is 0.333. The van der Waals surface area contributed by atoms with Crippen LogP contribution in [0.25, 0.3) is 0 Å². The Kier molecular flexibility index (Phi) is 4.40. The van der Waals surface area contributed by atoms with Crippen LogP contribution in [0.3, 0.4) is 0 Å². The quantitative estimate of drug-likeness (QED) is 0.843. The van der Waals surface area contributed by atoms with Gasteiger partial charge in [-0.2, -0.15) is 13.9 Å². The number of aromatic nitrogens is 3. The number of H-pyrrole nitrogens is 1. The second-order valence-electron chi connectivity index (χ2n) is 3.96. The molecule has 102 valence electrons. The van der Waals surface area contributed by atoms with Gasteiger partial charge in [0, 0.05) is 12.1 Å². The van der Waals surface area contributed by atoms with Gasteiger partial charge in [0.25, 0.3) is 0 Å². The minimum atomic E-state index is -2.83. The fourth-order valence-electron chi connectivity index (χ4n) is 1.64. The van der Waals surface area contributed by atoms with Gasteiger partial charge in [-0.3, -0.25) is 5.10 Å². The molecule has 0 amide bonds. The number of ether oxygens (including phenoxy) is 1. The Morgan fingerprint density at radius 3 is 2.84 bits per heavy atom. The average molecular weight is 268 g/mol. The molecule has 0 radical (unpaired) electrons. The fourth-order valence-corrected chi connectivity index (χ4v) is 1.64. The summed E-state index contributed by atoms with van der Waals surface area (Å²) in [5.74, 6) is 0.863. The van der Waals surface area contributed by atoms with Gasteiger partial charge in [0.05, 0.1) is 6.04 Å². The molecule has 1 unspecified atom stereocenters. The van der Waals surface area contributed by atoms with Crippen molar-refractivity contribution >= 4 is 0 Å². The summed E-state index contributed by atoms with van der Waals surface area (Å²) in [7, 11) is 0. The van der Waals surface area contributed by atoms with Crippen molar-refractivity contribution in [3.8, 4) is 5.75 Å². The van der Waals surface area contributed by atoms with E-state index in [1.807, 2.05) is 6.92 Å². The van der Waals surface area contributed by atoms with Gasteiger partial charge in [0.15, 0.2) is 0 Å². The Labute approximate surface area is 109 Å². The highest BCUT2D eigenvalue weighted by Crippen LogP contribution is 2.20. The maximum absolute atomic E-state index is 12.3. The summed E-state index contributed by atoms with van der Waals surface area (Å²) in [6.45, 7) is -0.533. The molecular weight excluding hydrogens is 254 g/mol. The van der Waals surface area contributed by atoms with Crippen molar-refractivity contribution in [3.63, 3.8) is 0 Å². The summed E-state index contributed by atoms with van der Waals surface area (Å²) in [6.07, 6.45) is 1.42. The van der Waals surface area contributed by atoms with E-state index in [0.717, 1.165) is 0 Å². The lowest BCUT2D eigenvalue weighted by atomic mass is 10.2. The minimum Gasteiger partial charge on any atom is -0.434 e. The first-order valence-electron chi connectivity index (χ1n) is 5.78. The van der Waals surface area contributed by atoms with Gasteiger partial charge in [-0.25, -0.2) is 4.98 Å². The van der Waals surface area contributed by atoms with Crippen molar-refractivity contribution in [1.82, 2.24) is 20.5 Å². The standard InChI is InChI=1S/C12H14F2N4O/c1-8(11-16-7-17-18-11)15-6-9-4-2-3-5-10(9)19-12(13)14/h2-5,7-8,12,15H,6H2,1H3,(H,16,17,18). The van der Waals surface area contributed by atoms with E-state index in [2.05, 4.69) is 25.2 Å². The lowest BCUT2D eigenvalue weighted by molar-refractivity contribution is -0.0505. The minimum absolute atomic E-state index is 0.0675. The molecule has 2 aromatic rings. The van der Waals surface area contributed by atoms with Crippen LogP contribution < -0.4 is 10.1 Å². The van der Waals surface area contributed by atoms with Gasteiger partial charge in [0.1, 0.15) is 17.9 Å². The second kappa shape index (κ2) is 6.24. The van der Waals surface area contributed by atoms with Crippen LogP contribution in [-0.2, 0) is 6.54 Å². The van der Waals surface area contributed by atoms with Crippen molar-refractivity contribution in [2.75, 3.05) is 0 Å². The zero-order valence-electron chi connectivity index (χ0n) is 10.3. The van der Waals surface area contributed by atoms with Crippen LogP contribution >= 0.6 is 0 Å². The van der Waals surface area contributed by atoms with Gasteiger partial charge >= 0.3 is 6.61 Å². The Morgan fingerprint density at radius 2 is 2.16 bits per heavy atom. The number of alkyl halides is 2. The van der Waals surface area contributed by atoms with Crippen LogP contribution in [0.4, 0.5) is 8.78 Å². The van der Waals surface area contributed by atoms with E-state index in [1.165, 1.54) is 12.4 Å². The summed E-state index contributed by atoms with van der Waals surface area (Å²) in [5, 5.41) is 9.66. The van der Waals surface area contributed by atoms with Gasteiger partial charge in [-0.05, 0) is 13.0 Å². The molecule has 19 heavy (non-hydrogen) atoms. The molecule has 2 rings (SSSR count). The number of nitrogens with one attached hydrogen (secondary N) is 2. The molecule has 1 atom stereocenters. The largest absolute Gasteiger partial charge is 0.434 e. The zero-order valence-corrected chi connectivity index (χ0v) is 10.3. The Balaban J connectivity index is 1.99. The first-order chi connectivity index (χ1) is 9.16. The monoisotopic (exact) mass is 268 g/mol. The van der Waals surface area contributed by atoms with E-state index in [4.69, 9.17) is 0 Å². The Bertz CT molecular complexity index is 504. The molecule has 2 N–H and O–H groups in total. The SMILES string of the molecule is CC(NCc1ccccc1OC(F)F)c1ncn[nH]1. The Hall–Kier alpha value is -2.02. The summed E-state index contributed by atoms with van der Waals surface area (Å²) in [6, 6.07) is 6.61. The molecule has 1 aromatic heterocycles. The molecule has 0 aliphatic rings. The summed E-state index contributed by atoms with van der Waals surface area (Å²) in [4.78, 5) is 4.02. The van der Waals surface area contributed by atoms with Crippen molar-refractivity contribution in [1.29, 1.82) is 0 Å². The van der Waals surface area contributed by atoms with Gasteiger partial charge in [-0.1, -0.05) is 18.2 Å². The molecule has 5 nitrogen and oxygen atoms in total. The third kappa shape index (κ3) is 3.72. The highest BCUT2D eigenvalue weighted by atomic mass is 19.3. The van der Waals surface area contributed by atoms with Crippen molar-refractivity contribution in [2.45, 2.75) is 26.1 Å². The number of hydrogen-bond acceptors (Lipinski definition) is 4. The topological polar surface area (TPSA) is 62.8 Å². The van der Waals surface area contributed by atoms with Crippen LogP contribution in [0.1, 0.15) is 24.4 Å². The molecule has 0 aliphatic heterocycles. The highest BCUT2D eigenvalue weighted by Gasteiger charge is 2.11. The molecule has 0 aliphatic carbocycles. The number of hydrogen-bond donors (Lipinski definition) is 2. The van der Waals surface area contributed by atoms with Gasteiger partial charge in [-0.15, -0.1) is 0 Å². The first-order valence-corrected chi connectivity index (χ1v) is 5.78. The summed E-state index contributed by atoms with van der Waals surface area (Å²) in [5.41, 5.74) is 0.661. The van der Waals surface area contributed by atoms with E-state index in [1.54, 1.807) is 18.2 Å². The van der Waals surface area contributed by atoms with E-state index < -0.39 is 6.61 Å². The van der Waals surface area contributed by atoms with Crippen LogP contribution in [0.15, 0.2) is 30.6 Å². The van der Waals surface area contributed by atoms with E-state index in [-0.39, 0.29) is 11.8 Å². The smallest absolute Gasteiger partial charge is 0.387 e. The lowest BCUT2D eigenvalue weighted by Crippen LogP contribution is -2.20. The normalized spacial score (nSPS) is 12.6. The van der Waals surface area contributed by atoms with Crippen LogP contribution in [0.5, 0.6) is 5.75 Å². The maximum atomic E-state index is 12.3. The molecule has 1 aromatic carbocycles.